The van der Waals surface area contributed by atoms with Gasteiger partial charge in [-0.2, -0.15) is 0 Å². The largest absolute Gasteiger partial charge is 0.458 e. The van der Waals surface area contributed by atoms with E-state index in [1.807, 2.05) is 48.5 Å². The Kier molecular flexibility index (Phi) is 4.51. The molecule has 6 heteroatoms. The first kappa shape index (κ1) is 16.5. The van der Waals surface area contributed by atoms with Gasteiger partial charge in [0, 0.05) is 12.8 Å². The molecule has 4 N–H and O–H groups in total. The summed E-state index contributed by atoms with van der Waals surface area (Å²) < 4.78 is 23.2. The van der Waals surface area contributed by atoms with Crippen molar-refractivity contribution in [2.75, 3.05) is 13.1 Å². The number of rotatable bonds is 7. The quantitative estimate of drug-likeness (QED) is 0.520. The molecule has 0 saturated heterocycles. The third kappa shape index (κ3) is 3.24. The summed E-state index contributed by atoms with van der Waals surface area (Å²) >= 11 is 0. The van der Waals surface area contributed by atoms with Crippen molar-refractivity contribution in [3.05, 3.63) is 60.1 Å². The lowest BCUT2D eigenvalue weighted by Gasteiger charge is -1.94. The number of hydrogen-bond donors (Lipinski definition) is 2. The van der Waals surface area contributed by atoms with Crippen molar-refractivity contribution in [1.82, 2.24) is 0 Å². The van der Waals surface area contributed by atoms with E-state index in [9.17, 15) is 0 Å². The van der Waals surface area contributed by atoms with Gasteiger partial charge in [0.05, 0.1) is 0 Å². The van der Waals surface area contributed by atoms with Crippen LogP contribution in [0, 0.1) is 0 Å². The van der Waals surface area contributed by atoms with Gasteiger partial charge in [-0.25, -0.2) is 0 Å². The Morgan fingerprint density at radius 2 is 0.769 bits per heavy atom. The van der Waals surface area contributed by atoms with E-state index in [4.69, 9.17) is 29.1 Å². The van der Waals surface area contributed by atoms with Gasteiger partial charge < -0.3 is 29.1 Å². The molecule has 26 heavy (non-hydrogen) atoms. The minimum atomic E-state index is 0.547. The summed E-state index contributed by atoms with van der Waals surface area (Å²) in [7, 11) is 0. The summed E-state index contributed by atoms with van der Waals surface area (Å²) in [5, 5.41) is 0. The molecular weight excluding hydrogens is 332 g/mol. The molecule has 0 amide bonds. The van der Waals surface area contributed by atoms with Gasteiger partial charge in [0.2, 0.25) is 0 Å². The summed E-state index contributed by atoms with van der Waals surface area (Å²) in [6.07, 6.45) is 1.40. The molecule has 0 fully saturated rings. The molecule has 0 atom stereocenters. The van der Waals surface area contributed by atoms with Crippen molar-refractivity contribution in [3.63, 3.8) is 0 Å². The highest BCUT2D eigenvalue weighted by atomic mass is 16.4. The lowest BCUT2D eigenvalue weighted by atomic mass is 10.3. The molecule has 6 nitrogen and oxygen atoms in total. The number of furan rings is 4. The SMILES string of the molecule is NCCc1ccc(-c2ccc(-c3ccc(-c4ccc(CCN)o4)o3)o2)o1. The van der Waals surface area contributed by atoms with Gasteiger partial charge in [0.15, 0.2) is 34.6 Å². The summed E-state index contributed by atoms with van der Waals surface area (Å²) in [4.78, 5) is 0. The second-order valence-corrected chi connectivity index (χ2v) is 5.94. The number of hydrogen-bond acceptors (Lipinski definition) is 6. The fourth-order valence-electron chi connectivity index (χ4n) is 2.78. The van der Waals surface area contributed by atoms with Crippen LogP contribution in [-0.2, 0) is 12.8 Å². The Hall–Kier alpha value is -2.96. The van der Waals surface area contributed by atoms with Crippen molar-refractivity contribution < 1.29 is 17.7 Å². The second kappa shape index (κ2) is 7.11. The third-order valence-electron chi connectivity index (χ3n) is 4.05. The Bertz CT molecular complexity index is 908. The van der Waals surface area contributed by atoms with Crippen LogP contribution < -0.4 is 11.5 Å². The standard InChI is InChI=1S/C20H20N2O4/c21-11-9-13-1-3-15(23-13)17-5-7-19(25-17)20-8-6-18(26-20)16-4-2-14(24-16)10-12-22/h1-8H,9-12,21-22H2. The molecular formula is C20H20N2O4. The lowest BCUT2D eigenvalue weighted by molar-refractivity contribution is 0.479. The highest BCUT2D eigenvalue weighted by Gasteiger charge is 2.15. The minimum Gasteiger partial charge on any atom is -0.458 e. The van der Waals surface area contributed by atoms with E-state index in [1.54, 1.807) is 0 Å². The highest BCUT2D eigenvalue weighted by Crippen LogP contribution is 2.33. The predicted octanol–water partition coefficient (Wildman–Crippen LogP) is 4.06. The van der Waals surface area contributed by atoms with Crippen LogP contribution in [0.3, 0.4) is 0 Å². The van der Waals surface area contributed by atoms with Gasteiger partial charge in [0.1, 0.15) is 11.5 Å². The van der Waals surface area contributed by atoms with Crippen LogP contribution in [0.15, 0.2) is 66.2 Å². The van der Waals surface area contributed by atoms with Gasteiger partial charge in [0.25, 0.3) is 0 Å². The zero-order chi connectivity index (χ0) is 17.9. The zero-order valence-corrected chi connectivity index (χ0v) is 14.2. The topological polar surface area (TPSA) is 105 Å². The maximum absolute atomic E-state index is 5.87. The maximum atomic E-state index is 5.87. The highest BCUT2D eigenvalue weighted by molar-refractivity contribution is 5.62. The molecule has 4 aromatic rings. The van der Waals surface area contributed by atoms with Gasteiger partial charge in [-0.1, -0.05) is 0 Å². The van der Waals surface area contributed by atoms with E-state index in [-0.39, 0.29) is 0 Å². The van der Waals surface area contributed by atoms with Crippen LogP contribution in [0.2, 0.25) is 0 Å². The molecule has 0 aliphatic carbocycles. The third-order valence-corrected chi connectivity index (χ3v) is 4.05. The van der Waals surface area contributed by atoms with Crippen LogP contribution in [-0.4, -0.2) is 13.1 Å². The number of nitrogens with two attached hydrogens (primary N) is 2. The predicted molar refractivity (Wildman–Crippen MR) is 97.3 cm³/mol. The Balaban J connectivity index is 1.55. The second-order valence-electron chi connectivity index (χ2n) is 5.94. The fourth-order valence-corrected chi connectivity index (χ4v) is 2.78. The molecule has 4 rings (SSSR count). The first-order valence-corrected chi connectivity index (χ1v) is 8.55. The zero-order valence-electron chi connectivity index (χ0n) is 14.2. The van der Waals surface area contributed by atoms with Crippen molar-refractivity contribution in [3.8, 4) is 34.6 Å². The fraction of sp³-hybridized carbons (Fsp3) is 0.200. The van der Waals surface area contributed by atoms with E-state index in [2.05, 4.69) is 0 Å². The summed E-state index contributed by atoms with van der Waals surface area (Å²) in [5.41, 5.74) is 11.1. The van der Waals surface area contributed by atoms with Crippen molar-refractivity contribution in [1.29, 1.82) is 0 Å². The van der Waals surface area contributed by atoms with Crippen molar-refractivity contribution >= 4 is 0 Å². The first-order valence-electron chi connectivity index (χ1n) is 8.55. The van der Waals surface area contributed by atoms with E-state index >= 15 is 0 Å². The maximum Gasteiger partial charge on any atom is 0.170 e. The molecule has 0 bridgehead atoms. The molecule has 4 aromatic heterocycles. The smallest absolute Gasteiger partial charge is 0.170 e. The van der Waals surface area contributed by atoms with Gasteiger partial charge >= 0.3 is 0 Å². The summed E-state index contributed by atoms with van der Waals surface area (Å²) in [5.74, 6) is 5.55. The molecule has 0 aliphatic rings. The Labute approximate surface area is 150 Å². The normalized spacial score (nSPS) is 11.3. The van der Waals surface area contributed by atoms with Gasteiger partial charge in [-0.15, -0.1) is 0 Å². The first-order chi connectivity index (χ1) is 12.8. The molecule has 0 spiro atoms. The molecule has 0 saturated carbocycles. The van der Waals surface area contributed by atoms with Crippen LogP contribution in [0.1, 0.15) is 11.5 Å². The average molecular weight is 352 g/mol. The van der Waals surface area contributed by atoms with Crippen LogP contribution >= 0.6 is 0 Å². The molecule has 0 aliphatic heterocycles. The van der Waals surface area contributed by atoms with Gasteiger partial charge in [-0.05, 0) is 61.6 Å². The minimum absolute atomic E-state index is 0.547. The van der Waals surface area contributed by atoms with E-state index in [0.717, 1.165) is 11.5 Å². The van der Waals surface area contributed by atoms with Crippen molar-refractivity contribution in [2.45, 2.75) is 12.8 Å². The summed E-state index contributed by atoms with van der Waals surface area (Å²) in [6, 6.07) is 15.0. The van der Waals surface area contributed by atoms with Crippen molar-refractivity contribution in [2.24, 2.45) is 11.5 Å². The van der Waals surface area contributed by atoms with E-state index < -0.39 is 0 Å². The van der Waals surface area contributed by atoms with Crippen LogP contribution in [0.5, 0.6) is 0 Å². The Morgan fingerprint density at radius 1 is 0.462 bits per heavy atom. The van der Waals surface area contributed by atoms with Crippen LogP contribution in [0.25, 0.3) is 34.6 Å². The molecule has 0 radical (unpaired) electrons. The molecule has 0 unspecified atom stereocenters. The summed E-state index contributed by atoms with van der Waals surface area (Å²) in [6.45, 7) is 1.09. The van der Waals surface area contributed by atoms with E-state index in [0.29, 0.717) is 60.5 Å². The lowest BCUT2D eigenvalue weighted by Crippen LogP contribution is -2.01. The van der Waals surface area contributed by atoms with Crippen LogP contribution in [0.4, 0.5) is 0 Å². The molecule has 0 aromatic carbocycles. The van der Waals surface area contributed by atoms with Gasteiger partial charge in [-0.3, -0.25) is 0 Å². The monoisotopic (exact) mass is 352 g/mol. The molecule has 134 valence electrons. The Morgan fingerprint density at radius 3 is 1.12 bits per heavy atom. The van der Waals surface area contributed by atoms with E-state index in [1.165, 1.54) is 0 Å². The molecule has 4 heterocycles. The average Bonchev–Trinajstić information content (AvgIpc) is 3.41.